The summed E-state index contributed by atoms with van der Waals surface area (Å²) in [4.78, 5) is 17.2. The molecule has 1 saturated heterocycles. The number of likely N-dealkylation sites (N-methyl/N-ethyl adjacent to an activating group) is 1. The second kappa shape index (κ2) is 10.3. The number of amides is 1. The highest BCUT2D eigenvalue weighted by Gasteiger charge is 2.28. The van der Waals surface area contributed by atoms with Crippen LogP contribution in [0, 0.1) is 0 Å². The SMILES string of the molecule is CC1=CC(C)=C(NCC(=O)N(C)C2CCN(C/C=C/c3ccccc3)CC2)CC1(C)N. The highest BCUT2D eigenvalue weighted by molar-refractivity contribution is 5.78. The largest absolute Gasteiger partial charge is 0.379 e. The third-order valence-corrected chi connectivity index (χ3v) is 6.78. The van der Waals surface area contributed by atoms with Crippen LogP contribution < -0.4 is 11.1 Å². The van der Waals surface area contributed by atoms with E-state index in [0.29, 0.717) is 12.6 Å². The lowest BCUT2D eigenvalue weighted by molar-refractivity contribution is -0.131. The van der Waals surface area contributed by atoms with Crippen molar-refractivity contribution in [2.75, 3.05) is 33.2 Å². The predicted octanol–water partition coefficient (Wildman–Crippen LogP) is 3.55. The molecule has 3 rings (SSSR count). The van der Waals surface area contributed by atoms with Crippen LogP contribution in [-0.2, 0) is 4.79 Å². The van der Waals surface area contributed by atoms with E-state index < -0.39 is 0 Å². The van der Waals surface area contributed by atoms with Gasteiger partial charge in [-0.2, -0.15) is 0 Å². The second-order valence-electron chi connectivity index (χ2n) is 9.29. The molecule has 1 unspecified atom stereocenters. The molecule has 1 aromatic rings. The van der Waals surface area contributed by atoms with E-state index in [4.69, 9.17) is 5.73 Å². The van der Waals surface area contributed by atoms with Crippen molar-refractivity contribution in [3.63, 3.8) is 0 Å². The first-order valence-electron chi connectivity index (χ1n) is 11.4. The number of piperidine rings is 1. The summed E-state index contributed by atoms with van der Waals surface area (Å²) in [6, 6.07) is 10.7. The minimum absolute atomic E-state index is 0.146. The van der Waals surface area contributed by atoms with Crippen LogP contribution in [0.2, 0.25) is 0 Å². The van der Waals surface area contributed by atoms with Crippen LogP contribution >= 0.6 is 0 Å². The van der Waals surface area contributed by atoms with E-state index in [-0.39, 0.29) is 11.4 Å². The first-order chi connectivity index (χ1) is 14.8. The van der Waals surface area contributed by atoms with E-state index in [1.54, 1.807) is 0 Å². The molecule has 1 fully saturated rings. The zero-order valence-electron chi connectivity index (χ0n) is 19.5. The van der Waals surface area contributed by atoms with Crippen molar-refractivity contribution >= 4 is 12.0 Å². The summed E-state index contributed by atoms with van der Waals surface area (Å²) in [6.07, 6.45) is 9.32. The molecule has 31 heavy (non-hydrogen) atoms. The molecule has 0 saturated carbocycles. The van der Waals surface area contributed by atoms with Gasteiger partial charge >= 0.3 is 0 Å². The Morgan fingerprint density at radius 3 is 2.61 bits per heavy atom. The molecule has 0 bridgehead atoms. The van der Waals surface area contributed by atoms with Gasteiger partial charge in [-0.25, -0.2) is 0 Å². The van der Waals surface area contributed by atoms with Gasteiger partial charge in [-0.05, 0) is 44.7 Å². The number of benzene rings is 1. The van der Waals surface area contributed by atoms with Gasteiger partial charge in [-0.1, -0.05) is 54.1 Å². The molecule has 5 heteroatoms. The molecule has 1 atom stereocenters. The van der Waals surface area contributed by atoms with Crippen molar-refractivity contribution in [2.45, 2.75) is 51.6 Å². The van der Waals surface area contributed by atoms with Crippen molar-refractivity contribution in [2.24, 2.45) is 5.73 Å². The third kappa shape index (κ3) is 6.31. The first-order valence-corrected chi connectivity index (χ1v) is 11.4. The summed E-state index contributed by atoms with van der Waals surface area (Å²) < 4.78 is 0. The van der Waals surface area contributed by atoms with Crippen LogP contribution in [0.4, 0.5) is 0 Å². The fourth-order valence-corrected chi connectivity index (χ4v) is 4.33. The lowest BCUT2D eigenvalue weighted by atomic mass is 9.83. The molecule has 1 aliphatic carbocycles. The summed E-state index contributed by atoms with van der Waals surface area (Å²) in [7, 11) is 1.94. The van der Waals surface area contributed by atoms with Crippen LogP contribution in [0.5, 0.6) is 0 Å². The number of hydrogen-bond donors (Lipinski definition) is 2. The normalized spacial score (nSPS) is 23.2. The molecule has 5 nitrogen and oxygen atoms in total. The zero-order chi connectivity index (χ0) is 22.4. The number of likely N-dealkylation sites (tertiary alicyclic amines) is 1. The molecule has 0 spiro atoms. The standard InChI is InChI=1S/C26H38N4O/c1-20-17-21(2)26(3,27)18-24(20)28-19-25(31)29(4)23-12-15-30(16-13-23)14-8-11-22-9-6-5-7-10-22/h5-11,17,23,28H,12-16,18-19,27H2,1-4H3/b11-8+. The van der Waals surface area contributed by atoms with Gasteiger partial charge < -0.3 is 16.0 Å². The van der Waals surface area contributed by atoms with E-state index in [0.717, 1.165) is 44.6 Å². The number of nitrogens with two attached hydrogens (primary N) is 1. The fourth-order valence-electron chi connectivity index (χ4n) is 4.33. The maximum absolute atomic E-state index is 12.8. The monoisotopic (exact) mass is 422 g/mol. The van der Waals surface area contributed by atoms with Crippen LogP contribution in [-0.4, -0.2) is 60.5 Å². The number of carbonyl (C=O) groups excluding carboxylic acids is 1. The summed E-state index contributed by atoms with van der Waals surface area (Å²) in [5.41, 5.74) is 10.7. The second-order valence-corrected chi connectivity index (χ2v) is 9.29. The zero-order valence-corrected chi connectivity index (χ0v) is 19.5. The van der Waals surface area contributed by atoms with Crippen molar-refractivity contribution in [3.05, 3.63) is 64.9 Å². The van der Waals surface area contributed by atoms with Crippen molar-refractivity contribution in [3.8, 4) is 0 Å². The molecule has 1 aliphatic heterocycles. The van der Waals surface area contributed by atoms with E-state index >= 15 is 0 Å². The minimum atomic E-state index is -0.349. The van der Waals surface area contributed by atoms with Gasteiger partial charge in [0.05, 0.1) is 6.54 Å². The lowest BCUT2D eigenvalue weighted by Crippen LogP contribution is -2.48. The maximum Gasteiger partial charge on any atom is 0.241 e. The van der Waals surface area contributed by atoms with E-state index in [1.165, 1.54) is 16.7 Å². The molecule has 2 aliphatic rings. The number of carbonyl (C=O) groups is 1. The topological polar surface area (TPSA) is 61.6 Å². The number of allylic oxidation sites excluding steroid dienone is 2. The van der Waals surface area contributed by atoms with Crippen LogP contribution in [0.25, 0.3) is 6.08 Å². The fraction of sp³-hybridized carbons (Fsp3) is 0.500. The highest BCUT2D eigenvalue weighted by Crippen LogP contribution is 2.29. The molecular formula is C26H38N4O. The highest BCUT2D eigenvalue weighted by atomic mass is 16.2. The van der Waals surface area contributed by atoms with E-state index in [1.807, 2.05) is 24.9 Å². The van der Waals surface area contributed by atoms with Crippen LogP contribution in [0.1, 0.15) is 45.6 Å². The Labute approximate surface area is 187 Å². The summed E-state index contributed by atoms with van der Waals surface area (Å²) in [5.74, 6) is 0.146. The Balaban J connectivity index is 1.43. The van der Waals surface area contributed by atoms with Gasteiger partial charge in [0.15, 0.2) is 0 Å². The van der Waals surface area contributed by atoms with Crippen molar-refractivity contribution in [1.29, 1.82) is 0 Å². The van der Waals surface area contributed by atoms with E-state index in [9.17, 15) is 4.79 Å². The van der Waals surface area contributed by atoms with Gasteiger partial charge in [-0.3, -0.25) is 9.69 Å². The summed E-state index contributed by atoms with van der Waals surface area (Å²) in [6.45, 7) is 9.53. The Kier molecular flexibility index (Phi) is 7.74. The van der Waals surface area contributed by atoms with Gasteiger partial charge in [0.25, 0.3) is 0 Å². The number of rotatable bonds is 7. The average molecular weight is 423 g/mol. The molecule has 1 aromatic carbocycles. The quantitative estimate of drug-likeness (QED) is 0.705. The summed E-state index contributed by atoms with van der Waals surface area (Å²) in [5, 5.41) is 3.36. The first kappa shape index (κ1) is 23.3. The Morgan fingerprint density at radius 1 is 1.26 bits per heavy atom. The summed E-state index contributed by atoms with van der Waals surface area (Å²) >= 11 is 0. The maximum atomic E-state index is 12.8. The Hall–Kier alpha value is -2.37. The molecule has 168 valence electrons. The smallest absolute Gasteiger partial charge is 0.241 e. The molecular weight excluding hydrogens is 384 g/mol. The lowest BCUT2D eigenvalue weighted by Gasteiger charge is -2.37. The van der Waals surface area contributed by atoms with Crippen molar-refractivity contribution in [1.82, 2.24) is 15.1 Å². The Bertz CT molecular complexity index is 845. The predicted molar refractivity (Wildman–Crippen MR) is 129 cm³/mol. The third-order valence-electron chi connectivity index (χ3n) is 6.78. The van der Waals surface area contributed by atoms with Crippen LogP contribution in [0.15, 0.2) is 59.3 Å². The molecule has 1 amide bonds. The molecule has 0 aromatic heterocycles. The van der Waals surface area contributed by atoms with Gasteiger partial charge in [-0.15, -0.1) is 0 Å². The Morgan fingerprint density at radius 2 is 1.94 bits per heavy atom. The van der Waals surface area contributed by atoms with Gasteiger partial charge in [0, 0.05) is 50.4 Å². The number of hydrogen-bond acceptors (Lipinski definition) is 4. The molecule has 3 N–H and O–H groups in total. The average Bonchev–Trinajstić information content (AvgIpc) is 2.76. The van der Waals surface area contributed by atoms with E-state index in [2.05, 4.69) is 66.6 Å². The molecule has 1 heterocycles. The van der Waals surface area contributed by atoms with Gasteiger partial charge in [0.1, 0.15) is 0 Å². The number of nitrogens with zero attached hydrogens (tertiary/aromatic N) is 2. The van der Waals surface area contributed by atoms with Crippen molar-refractivity contribution < 1.29 is 4.79 Å². The van der Waals surface area contributed by atoms with Gasteiger partial charge in [0.2, 0.25) is 5.91 Å². The van der Waals surface area contributed by atoms with Crippen LogP contribution in [0.3, 0.4) is 0 Å². The number of nitrogens with one attached hydrogen (secondary N) is 1. The minimum Gasteiger partial charge on any atom is -0.379 e. The molecule has 0 radical (unpaired) electrons.